The van der Waals surface area contributed by atoms with E-state index in [1.165, 1.54) is 11.5 Å². The fourth-order valence-corrected chi connectivity index (χ4v) is 2.74. The van der Waals surface area contributed by atoms with Gasteiger partial charge in [-0.25, -0.2) is 9.97 Å². The summed E-state index contributed by atoms with van der Waals surface area (Å²) in [6.07, 6.45) is 0. The molecule has 0 fully saturated rings. The molecule has 0 amide bonds. The van der Waals surface area contributed by atoms with Gasteiger partial charge in [-0.15, -0.1) is 0 Å². The first-order valence-corrected chi connectivity index (χ1v) is 7.26. The van der Waals surface area contributed by atoms with Gasteiger partial charge in [-0.05, 0) is 38.5 Å². The molecule has 0 aliphatic carbocycles. The van der Waals surface area contributed by atoms with Gasteiger partial charge in [0.25, 0.3) is 5.56 Å². The molecule has 3 aromatic rings. The Morgan fingerprint density at radius 2 is 1.87 bits per heavy atom. The molecular formula is C17H17N3O3. The van der Waals surface area contributed by atoms with Crippen LogP contribution in [-0.4, -0.2) is 20.3 Å². The van der Waals surface area contributed by atoms with E-state index in [1.807, 2.05) is 6.92 Å². The zero-order chi connectivity index (χ0) is 16.9. The van der Waals surface area contributed by atoms with E-state index in [2.05, 4.69) is 9.97 Å². The third-order valence-electron chi connectivity index (χ3n) is 3.82. The maximum Gasteiger partial charge on any atom is 0.261 e. The standard InChI is InChI=1S/C17H17N3O3/c1-8-6-12(9(2)21)15-13(7-8)17(22)20(5)16(19-15)14-10(3)23-11(4)18-14/h6-7H,1-5H3. The van der Waals surface area contributed by atoms with Crippen LogP contribution in [0.1, 0.15) is 34.5 Å². The number of hydrogen-bond donors (Lipinski definition) is 0. The lowest BCUT2D eigenvalue weighted by atomic mass is 10.0. The molecule has 0 atom stereocenters. The highest BCUT2D eigenvalue weighted by atomic mass is 16.4. The molecule has 0 unspecified atom stereocenters. The van der Waals surface area contributed by atoms with Crippen molar-refractivity contribution in [1.29, 1.82) is 0 Å². The van der Waals surface area contributed by atoms with E-state index in [0.717, 1.165) is 5.56 Å². The van der Waals surface area contributed by atoms with Crippen molar-refractivity contribution in [1.82, 2.24) is 14.5 Å². The number of benzene rings is 1. The van der Waals surface area contributed by atoms with Crippen LogP contribution in [0.25, 0.3) is 22.4 Å². The van der Waals surface area contributed by atoms with E-state index in [4.69, 9.17) is 4.42 Å². The van der Waals surface area contributed by atoms with Crippen molar-refractivity contribution in [3.05, 3.63) is 45.3 Å². The summed E-state index contributed by atoms with van der Waals surface area (Å²) < 4.78 is 6.88. The van der Waals surface area contributed by atoms with Crippen molar-refractivity contribution in [3.63, 3.8) is 0 Å². The first kappa shape index (κ1) is 15.1. The molecule has 0 N–H and O–H groups in total. The minimum atomic E-state index is -0.212. The van der Waals surface area contributed by atoms with Gasteiger partial charge in [-0.1, -0.05) is 0 Å². The summed E-state index contributed by atoms with van der Waals surface area (Å²) in [5.74, 6) is 1.35. The molecule has 0 radical (unpaired) electrons. The van der Waals surface area contributed by atoms with Gasteiger partial charge in [0.1, 0.15) is 11.5 Å². The molecule has 0 saturated heterocycles. The van der Waals surface area contributed by atoms with Crippen LogP contribution < -0.4 is 5.56 Å². The largest absolute Gasteiger partial charge is 0.446 e. The summed E-state index contributed by atoms with van der Waals surface area (Å²) in [6, 6.07) is 3.50. The van der Waals surface area contributed by atoms with Crippen molar-refractivity contribution in [2.24, 2.45) is 7.05 Å². The molecule has 2 aromatic heterocycles. The maximum absolute atomic E-state index is 12.7. The number of oxazole rings is 1. The summed E-state index contributed by atoms with van der Waals surface area (Å²) in [4.78, 5) is 33.5. The Labute approximate surface area is 132 Å². The third-order valence-corrected chi connectivity index (χ3v) is 3.82. The highest BCUT2D eigenvalue weighted by Crippen LogP contribution is 2.24. The van der Waals surface area contributed by atoms with Crippen molar-refractivity contribution < 1.29 is 9.21 Å². The van der Waals surface area contributed by atoms with E-state index >= 15 is 0 Å². The molecule has 118 valence electrons. The molecular weight excluding hydrogens is 294 g/mol. The minimum absolute atomic E-state index is 0.126. The predicted molar refractivity (Wildman–Crippen MR) is 86.7 cm³/mol. The number of fused-ring (bicyclic) bond motifs is 1. The number of nitrogens with zero attached hydrogens (tertiary/aromatic N) is 3. The molecule has 23 heavy (non-hydrogen) atoms. The highest BCUT2D eigenvalue weighted by Gasteiger charge is 2.19. The third kappa shape index (κ3) is 2.36. The van der Waals surface area contributed by atoms with Gasteiger partial charge in [0.05, 0.1) is 10.9 Å². The molecule has 0 aliphatic rings. The second-order valence-corrected chi connectivity index (χ2v) is 5.70. The first-order valence-electron chi connectivity index (χ1n) is 7.26. The molecule has 0 spiro atoms. The maximum atomic E-state index is 12.7. The second kappa shape index (κ2) is 5.15. The van der Waals surface area contributed by atoms with Crippen LogP contribution in [0.5, 0.6) is 0 Å². The quantitative estimate of drug-likeness (QED) is 0.680. The summed E-state index contributed by atoms with van der Waals surface area (Å²) in [5.41, 5.74) is 2.00. The Morgan fingerprint density at radius 1 is 1.17 bits per heavy atom. The van der Waals surface area contributed by atoms with Crippen molar-refractivity contribution >= 4 is 16.7 Å². The van der Waals surface area contributed by atoms with Crippen LogP contribution in [0.4, 0.5) is 0 Å². The Kier molecular flexibility index (Phi) is 3.39. The van der Waals surface area contributed by atoms with Crippen LogP contribution in [-0.2, 0) is 7.05 Å². The topological polar surface area (TPSA) is 78.0 Å². The lowest BCUT2D eigenvalue weighted by Crippen LogP contribution is -2.21. The molecule has 2 heterocycles. The van der Waals surface area contributed by atoms with Crippen LogP contribution in [0.3, 0.4) is 0 Å². The van der Waals surface area contributed by atoms with Crippen molar-refractivity contribution in [2.75, 3.05) is 0 Å². The molecule has 0 saturated carbocycles. The lowest BCUT2D eigenvalue weighted by molar-refractivity contribution is 0.101. The normalized spacial score (nSPS) is 11.2. The second-order valence-electron chi connectivity index (χ2n) is 5.70. The van der Waals surface area contributed by atoms with Gasteiger partial charge in [0.2, 0.25) is 0 Å². The summed E-state index contributed by atoms with van der Waals surface area (Å²) in [5, 5.41) is 0.430. The molecule has 0 bridgehead atoms. The minimum Gasteiger partial charge on any atom is -0.446 e. The fraction of sp³-hybridized carbons (Fsp3) is 0.294. The number of Topliss-reactive ketones (excluding diaryl/α,β-unsaturated/α-hetero) is 1. The zero-order valence-electron chi connectivity index (χ0n) is 13.7. The zero-order valence-corrected chi connectivity index (χ0v) is 13.7. The summed E-state index contributed by atoms with van der Waals surface area (Å²) in [7, 11) is 1.64. The van der Waals surface area contributed by atoms with Crippen LogP contribution in [0.2, 0.25) is 0 Å². The predicted octanol–water partition coefficient (Wildman–Crippen LogP) is 2.72. The van der Waals surface area contributed by atoms with Crippen LogP contribution >= 0.6 is 0 Å². The SMILES string of the molecule is CC(=O)c1cc(C)cc2c(=O)n(C)c(-c3nc(C)oc3C)nc12. The highest BCUT2D eigenvalue weighted by molar-refractivity contribution is 6.05. The summed E-state index contributed by atoms with van der Waals surface area (Å²) >= 11 is 0. The number of rotatable bonds is 2. The molecule has 6 nitrogen and oxygen atoms in total. The molecule has 6 heteroatoms. The Balaban J connectivity index is 2.47. The van der Waals surface area contributed by atoms with Crippen molar-refractivity contribution in [2.45, 2.75) is 27.7 Å². The van der Waals surface area contributed by atoms with Gasteiger partial charge in [0, 0.05) is 19.5 Å². The molecule has 3 rings (SSSR count). The van der Waals surface area contributed by atoms with Gasteiger partial charge < -0.3 is 4.42 Å². The Morgan fingerprint density at radius 3 is 2.43 bits per heavy atom. The van der Waals surface area contributed by atoms with Crippen molar-refractivity contribution in [3.8, 4) is 11.5 Å². The Hall–Kier alpha value is -2.76. The Bertz CT molecular complexity index is 1010. The number of carbonyl (C=O) groups excluding carboxylic acids is 1. The van der Waals surface area contributed by atoms with E-state index in [1.54, 1.807) is 33.0 Å². The van der Waals surface area contributed by atoms with Gasteiger partial charge in [-0.2, -0.15) is 0 Å². The number of carbonyl (C=O) groups is 1. The smallest absolute Gasteiger partial charge is 0.261 e. The summed E-state index contributed by atoms with van der Waals surface area (Å²) in [6.45, 7) is 6.83. The molecule has 1 aromatic carbocycles. The number of aromatic nitrogens is 3. The van der Waals surface area contributed by atoms with Crippen LogP contribution in [0.15, 0.2) is 21.3 Å². The van der Waals surface area contributed by atoms with Crippen LogP contribution in [0, 0.1) is 20.8 Å². The lowest BCUT2D eigenvalue weighted by Gasteiger charge is -2.10. The van der Waals surface area contributed by atoms with E-state index in [0.29, 0.717) is 39.6 Å². The number of aryl methyl sites for hydroxylation is 3. The fourth-order valence-electron chi connectivity index (χ4n) is 2.74. The first-order chi connectivity index (χ1) is 10.8. The average Bonchev–Trinajstić information content (AvgIpc) is 2.81. The van der Waals surface area contributed by atoms with E-state index < -0.39 is 0 Å². The molecule has 0 aliphatic heterocycles. The monoisotopic (exact) mass is 311 g/mol. The van der Waals surface area contributed by atoms with Gasteiger partial charge in [-0.3, -0.25) is 14.2 Å². The average molecular weight is 311 g/mol. The van der Waals surface area contributed by atoms with E-state index in [-0.39, 0.29) is 11.3 Å². The van der Waals surface area contributed by atoms with Gasteiger partial charge >= 0.3 is 0 Å². The number of hydrogen-bond acceptors (Lipinski definition) is 5. The van der Waals surface area contributed by atoms with E-state index in [9.17, 15) is 9.59 Å². The van der Waals surface area contributed by atoms with Gasteiger partial charge in [0.15, 0.2) is 17.5 Å². The number of ketones is 1.